The number of nitrogens with two attached hydrogens (primary N) is 1. The van der Waals surface area contributed by atoms with E-state index in [1.54, 1.807) is 38.1 Å². The monoisotopic (exact) mass is 296 g/mol. The molecule has 0 fully saturated rings. The summed E-state index contributed by atoms with van der Waals surface area (Å²) >= 11 is 0. The number of hydrogen-bond acceptors (Lipinski definition) is 4. The number of hydrogen-bond donors (Lipinski definition) is 1. The minimum atomic E-state index is -3.68. The zero-order chi connectivity index (χ0) is 15.1. The summed E-state index contributed by atoms with van der Waals surface area (Å²) in [6, 6.07) is 6.54. The van der Waals surface area contributed by atoms with Crippen molar-refractivity contribution in [1.82, 2.24) is 4.90 Å². The molecule has 1 aromatic carbocycles. The van der Waals surface area contributed by atoms with Crippen LogP contribution in [0.1, 0.15) is 34.6 Å². The molecular formula is C13H16N2O4S. The Morgan fingerprint density at radius 1 is 1.10 bits per heavy atom. The summed E-state index contributed by atoms with van der Waals surface area (Å²) in [4.78, 5) is 25.4. The van der Waals surface area contributed by atoms with Crippen molar-refractivity contribution in [2.24, 2.45) is 10.6 Å². The Hall–Kier alpha value is -1.73. The smallest absolute Gasteiger partial charge is 0.261 e. The van der Waals surface area contributed by atoms with Crippen LogP contribution in [0.15, 0.2) is 24.3 Å². The van der Waals surface area contributed by atoms with Crippen LogP contribution in [0.2, 0.25) is 0 Å². The summed E-state index contributed by atoms with van der Waals surface area (Å²) < 4.78 is 22.4. The molecule has 0 spiro atoms. The molecule has 1 aliphatic rings. The summed E-state index contributed by atoms with van der Waals surface area (Å²) in [6.45, 7) is 3.32. The van der Waals surface area contributed by atoms with Crippen LogP contribution in [0, 0.1) is 5.41 Å². The Kier molecular flexibility index (Phi) is 3.43. The highest BCUT2D eigenvalue weighted by molar-refractivity contribution is 7.89. The van der Waals surface area contributed by atoms with E-state index in [0.29, 0.717) is 11.1 Å². The van der Waals surface area contributed by atoms with Gasteiger partial charge in [0.05, 0.1) is 16.9 Å². The summed E-state index contributed by atoms with van der Waals surface area (Å²) in [7, 11) is -3.68. The zero-order valence-corrected chi connectivity index (χ0v) is 12.1. The number of carbonyl (C=O) groups is 2. The Balaban J connectivity index is 2.25. The van der Waals surface area contributed by atoms with E-state index in [0.717, 1.165) is 4.90 Å². The number of fused-ring (bicyclic) bond motifs is 1. The minimum Gasteiger partial charge on any atom is -0.274 e. The van der Waals surface area contributed by atoms with E-state index < -0.39 is 27.3 Å². The molecule has 0 atom stereocenters. The molecule has 2 amide bonds. The minimum absolute atomic E-state index is 0.00970. The van der Waals surface area contributed by atoms with Gasteiger partial charge in [0, 0.05) is 6.54 Å². The van der Waals surface area contributed by atoms with Gasteiger partial charge in [0.25, 0.3) is 11.8 Å². The predicted molar refractivity (Wildman–Crippen MR) is 73.6 cm³/mol. The van der Waals surface area contributed by atoms with Crippen LogP contribution in [0.25, 0.3) is 0 Å². The lowest BCUT2D eigenvalue weighted by Crippen LogP contribution is -2.42. The SMILES string of the molecule is CC(C)(CN1C(=O)c2ccccc2C1=O)CS(N)(=O)=O. The normalized spacial score (nSPS) is 15.7. The van der Waals surface area contributed by atoms with Gasteiger partial charge in [0.2, 0.25) is 10.0 Å². The van der Waals surface area contributed by atoms with E-state index >= 15 is 0 Å². The van der Waals surface area contributed by atoms with Crippen LogP contribution < -0.4 is 5.14 Å². The summed E-state index contributed by atoms with van der Waals surface area (Å²) in [5.74, 6) is -1.09. The molecule has 0 aliphatic carbocycles. The lowest BCUT2D eigenvalue weighted by atomic mass is 9.95. The molecule has 7 heteroatoms. The van der Waals surface area contributed by atoms with Gasteiger partial charge in [-0.15, -0.1) is 0 Å². The molecule has 1 aromatic rings. The lowest BCUT2D eigenvalue weighted by Gasteiger charge is -2.28. The van der Waals surface area contributed by atoms with Crippen molar-refractivity contribution in [3.63, 3.8) is 0 Å². The first kappa shape index (κ1) is 14.7. The summed E-state index contributed by atoms with van der Waals surface area (Å²) in [5.41, 5.74) is -0.103. The predicted octanol–water partition coefficient (Wildman–Crippen LogP) is 0.597. The molecule has 2 N–H and O–H groups in total. The fraction of sp³-hybridized carbons (Fsp3) is 0.385. The maximum Gasteiger partial charge on any atom is 0.261 e. The molecule has 20 heavy (non-hydrogen) atoms. The average Bonchev–Trinajstić information content (AvgIpc) is 2.52. The Morgan fingerprint density at radius 3 is 1.95 bits per heavy atom. The third kappa shape index (κ3) is 2.88. The van der Waals surface area contributed by atoms with Crippen LogP contribution in [-0.2, 0) is 10.0 Å². The number of sulfonamides is 1. The van der Waals surface area contributed by atoms with Crippen molar-refractivity contribution in [1.29, 1.82) is 0 Å². The third-order valence-corrected chi connectivity index (χ3v) is 4.24. The molecule has 1 aliphatic heterocycles. The first-order valence-electron chi connectivity index (χ1n) is 6.06. The van der Waals surface area contributed by atoms with Gasteiger partial charge in [-0.3, -0.25) is 14.5 Å². The second-order valence-electron chi connectivity index (χ2n) is 5.71. The molecule has 0 saturated carbocycles. The highest BCUT2D eigenvalue weighted by atomic mass is 32.2. The molecule has 0 saturated heterocycles. The first-order valence-corrected chi connectivity index (χ1v) is 7.78. The van der Waals surface area contributed by atoms with Crippen LogP contribution >= 0.6 is 0 Å². The molecule has 0 aromatic heterocycles. The number of carbonyl (C=O) groups excluding carboxylic acids is 2. The quantitative estimate of drug-likeness (QED) is 0.822. The molecular weight excluding hydrogens is 280 g/mol. The molecule has 0 bridgehead atoms. The molecule has 6 nitrogen and oxygen atoms in total. The van der Waals surface area contributed by atoms with E-state index in [4.69, 9.17) is 5.14 Å². The van der Waals surface area contributed by atoms with Gasteiger partial charge in [-0.25, -0.2) is 13.6 Å². The van der Waals surface area contributed by atoms with Gasteiger partial charge in [0.15, 0.2) is 0 Å². The molecule has 108 valence electrons. The van der Waals surface area contributed by atoms with Crippen molar-refractivity contribution < 1.29 is 18.0 Å². The van der Waals surface area contributed by atoms with Crippen LogP contribution in [0.4, 0.5) is 0 Å². The second-order valence-corrected chi connectivity index (χ2v) is 7.33. The molecule has 0 unspecified atom stereocenters. The Labute approximate surface area is 117 Å². The van der Waals surface area contributed by atoms with E-state index in [2.05, 4.69) is 0 Å². The van der Waals surface area contributed by atoms with E-state index in [-0.39, 0.29) is 12.3 Å². The zero-order valence-electron chi connectivity index (χ0n) is 11.3. The van der Waals surface area contributed by atoms with Crippen molar-refractivity contribution >= 4 is 21.8 Å². The standard InChI is InChI=1S/C13H16N2O4S/c1-13(2,8-20(14,18)19)7-15-11(16)9-5-3-4-6-10(9)12(15)17/h3-6H,7-8H2,1-2H3,(H2,14,18,19). The molecule has 2 rings (SSSR count). The number of benzene rings is 1. The van der Waals surface area contributed by atoms with Crippen molar-refractivity contribution in [3.8, 4) is 0 Å². The van der Waals surface area contributed by atoms with Crippen molar-refractivity contribution in [2.45, 2.75) is 13.8 Å². The van der Waals surface area contributed by atoms with Crippen LogP contribution in [-0.4, -0.2) is 37.4 Å². The number of rotatable bonds is 4. The largest absolute Gasteiger partial charge is 0.274 e. The number of amides is 2. The lowest BCUT2D eigenvalue weighted by molar-refractivity contribution is 0.0601. The van der Waals surface area contributed by atoms with Gasteiger partial charge in [-0.2, -0.15) is 0 Å². The van der Waals surface area contributed by atoms with Crippen molar-refractivity contribution in [2.75, 3.05) is 12.3 Å². The highest BCUT2D eigenvalue weighted by Crippen LogP contribution is 2.27. The Bertz CT molecular complexity index is 644. The van der Waals surface area contributed by atoms with E-state index in [9.17, 15) is 18.0 Å². The van der Waals surface area contributed by atoms with Crippen molar-refractivity contribution in [3.05, 3.63) is 35.4 Å². The fourth-order valence-electron chi connectivity index (χ4n) is 2.40. The average molecular weight is 296 g/mol. The third-order valence-electron chi connectivity index (χ3n) is 3.06. The topological polar surface area (TPSA) is 97.5 Å². The Morgan fingerprint density at radius 2 is 1.55 bits per heavy atom. The van der Waals surface area contributed by atoms with Gasteiger partial charge in [-0.05, 0) is 17.5 Å². The first-order chi connectivity index (χ1) is 9.11. The van der Waals surface area contributed by atoms with Gasteiger partial charge in [0.1, 0.15) is 0 Å². The maximum absolute atomic E-state index is 12.2. The van der Waals surface area contributed by atoms with Gasteiger partial charge >= 0.3 is 0 Å². The number of nitrogens with zero attached hydrogens (tertiary/aromatic N) is 1. The molecule has 1 heterocycles. The number of imide groups is 1. The second kappa shape index (κ2) is 4.68. The van der Waals surface area contributed by atoms with Crippen LogP contribution in [0.3, 0.4) is 0 Å². The van der Waals surface area contributed by atoms with Gasteiger partial charge < -0.3 is 0 Å². The highest BCUT2D eigenvalue weighted by Gasteiger charge is 2.39. The van der Waals surface area contributed by atoms with E-state index in [1.807, 2.05) is 0 Å². The van der Waals surface area contributed by atoms with Gasteiger partial charge in [-0.1, -0.05) is 26.0 Å². The fourth-order valence-corrected chi connectivity index (χ4v) is 3.58. The number of primary sulfonamides is 1. The summed E-state index contributed by atoms with van der Waals surface area (Å²) in [6.07, 6.45) is 0. The molecule has 0 radical (unpaired) electrons. The maximum atomic E-state index is 12.2. The summed E-state index contributed by atoms with van der Waals surface area (Å²) in [5, 5.41) is 5.03. The van der Waals surface area contributed by atoms with Crippen LogP contribution in [0.5, 0.6) is 0 Å². The van der Waals surface area contributed by atoms with E-state index in [1.165, 1.54) is 0 Å².